The highest BCUT2D eigenvalue weighted by atomic mass is 79.9. The molecule has 8 nitrogen and oxygen atoms in total. The van der Waals surface area contributed by atoms with Crippen molar-refractivity contribution in [3.05, 3.63) is 82.3 Å². The summed E-state index contributed by atoms with van der Waals surface area (Å²) in [7, 11) is 0. The van der Waals surface area contributed by atoms with Gasteiger partial charge in [-0.05, 0) is 90.3 Å². The first-order valence-corrected chi connectivity index (χ1v) is 12.8. The standard InChI is InChI=1S/C28H25BrN2O6/c1-17(36-25-7-3-2-6-24(25)29)26(32)30-18-8-10-19(11-9-18)37-20-12-13-22-23(15-20)28(34)31(27(22)33)16-21-5-4-14-35-21/h2-3,6-13,15,17,21H,4-5,14,16H2,1H3,(H,30,32). The molecule has 0 saturated carbocycles. The lowest BCUT2D eigenvalue weighted by molar-refractivity contribution is -0.122. The summed E-state index contributed by atoms with van der Waals surface area (Å²) < 4.78 is 18.0. The fourth-order valence-electron chi connectivity index (χ4n) is 4.26. The van der Waals surface area contributed by atoms with Crippen LogP contribution in [0.5, 0.6) is 17.2 Å². The summed E-state index contributed by atoms with van der Waals surface area (Å²) in [6.07, 6.45) is 0.967. The second-order valence-corrected chi connectivity index (χ2v) is 9.72. The van der Waals surface area contributed by atoms with Crippen molar-refractivity contribution in [2.45, 2.75) is 32.0 Å². The van der Waals surface area contributed by atoms with Crippen LogP contribution in [-0.2, 0) is 9.53 Å². The second kappa shape index (κ2) is 10.7. The number of amides is 3. The topological polar surface area (TPSA) is 94.2 Å². The number of anilines is 1. The minimum atomic E-state index is -0.707. The third kappa shape index (κ3) is 5.52. The highest BCUT2D eigenvalue weighted by molar-refractivity contribution is 9.10. The number of rotatable bonds is 8. The molecule has 9 heteroatoms. The minimum Gasteiger partial charge on any atom is -0.480 e. The molecule has 1 saturated heterocycles. The Hall–Kier alpha value is -3.69. The van der Waals surface area contributed by atoms with Crippen molar-refractivity contribution in [2.24, 2.45) is 0 Å². The first kappa shape index (κ1) is 25.0. The van der Waals surface area contributed by atoms with Crippen LogP contribution in [0.25, 0.3) is 0 Å². The van der Waals surface area contributed by atoms with E-state index in [-0.39, 0.29) is 30.4 Å². The summed E-state index contributed by atoms with van der Waals surface area (Å²) >= 11 is 3.41. The van der Waals surface area contributed by atoms with Crippen molar-refractivity contribution in [1.29, 1.82) is 0 Å². The molecule has 3 aromatic carbocycles. The van der Waals surface area contributed by atoms with Gasteiger partial charge in [-0.25, -0.2) is 0 Å². The van der Waals surface area contributed by atoms with Crippen LogP contribution in [0.15, 0.2) is 71.2 Å². The van der Waals surface area contributed by atoms with Gasteiger partial charge in [-0.1, -0.05) is 12.1 Å². The third-order valence-electron chi connectivity index (χ3n) is 6.22. The highest BCUT2D eigenvalue weighted by Crippen LogP contribution is 2.31. The molecule has 3 aromatic rings. The van der Waals surface area contributed by atoms with Gasteiger partial charge < -0.3 is 19.5 Å². The predicted octanol–water partition coefficient (Wildman–Crippen LogP) is 5.42. The predicted molar refractivity (Wildman–Crippen MR) is 140 cm³/mol. The number of ether oxygens (including phenoxy) is 3. The second-order valence-electron chi connectivity index (χ2n) is 8.87. The van der Waals surface area contributed by atoms with Crippen molar-refractivity contribution in [1.82, 2.24) is 4.90 Å². The number of nitrogens with one attached hydrogen (secondary N) is 1. The Morgan fingerprint density at radius 3 is 2.51 bits per heavy atom. The molecule has 190 valence electrons. The van der Waals surface area contributed by atoms with Crippen LogP contribution in [-0.4, -0.2) is 48.0 Å². The zero-order valence-corrected chi connectivity index (χ0v) is 21.7. The van der Waals surface area contributed by atoms with E-state index in [9.17, 15) is 14.4 Å². The van der Waals surface area contributed by atoms with Crippen molar-refractivity contribution in [3.8, 4) is 17.2 Å². The van der Waals surface area contributed by atoms with Gasteiger partial charge in [0.1, 0.15) is 17.2 Å². The average molecular weight is 565 g/mol. The molecule has 2 unspecified atom stereocenters. The van der Waals surface area contributed by atoms with E-state index >= 15 is 0 Å². The Bertz CT molecular complexity index is 1340. The van der Waals surface area contributed by atoms with Gasteiger partial charge in [0, 0.05) is 12.3 Å². The maximum absolute atomic E-state index is 12.9. The van der Waals surface area contributed by atoms with E-state index in [0.29, 0.717) is 40.7 Å². The van der Waals surface area contributed by atoms with Crippen LogP contribution in [0, 0.1) is 0 Å². The molecule has 0 bridgehead atoms. The van der Waals surface area contributed by atoms with Gasteiger partial charge in [0.05, 0.1) is 28.2 Å². The van der Waals surface area contributed by atoms with Gasteiger partial charge >= 0.3 is 0 Å². The van der Waals surface area contributed by atoms with Gasteiger partial charge in [0.25, 0.3) is 17.7 Å². The lowest BCUT2D eigenvalue weighted by Gasteiger charge is -2.17. The van der Waals surface area contributed by atoms with Crippen LogP contribution in [0.2, 0.25) is 0 Å². The summed E-state index contributed by atoms with van der Waals surface area (Å²) in [6.45, 7) is 2.60. The average Bonchev–Trinajstić information content (AvgIpc) is 3.49. The van der Waals surface area contributed by atoms with Gasteiger partial charge in [0.2, 0.25) is 0 Å². The Morgan fingerprint density at radius 2 is 1.78 bits per heavy atom. The Balaban J connectivity index is 1.20. The lowest BCUT2D eigenvalue weighted by Crippen LogP contribution is -2.36. The molecular weight excluding hydrogens is 540 g/mol. The van der Waals surface area contributed by atoms with E-state index < -0.39 is 6.10 Å². The van der Waals surface area contributed by atoms with Gasteiger partial charge in [-0.15, -0.1) is 0 Å². The van der Waals surface area contributed by atoms with Crippen LogP contribution in [0.3, 0.4) is 0 Å². The molecule has 2 atom stereocenters. The molecule has 3 amide bonds. The number of carbonyl (C=O) groups excluding carboxylic acids is 3. The zero-order valence-electron chi connectivity index (χ0n) is 20.1. The number of halogens is 1. The largest absolute Gasteiger partial charge is 0.480 e. The SMILES string of the molecule is CC(Oc1ccccc1Br)C(=O)Nc1ccc(Oc2ccc3c(c2)C(=O)N(CC2CCCO2)C3=O)cc1. The van der Waals surface area contributed by atoms with Crippen LogP contribution in [0.4, 0.5) is 5.69 Å². The number of nitrogens with zero attached hydrogens (tertiary/aromatic N) is 1. The first-order valence-electron chi connectivity index (χ1n) is 12.0. The molecule has 0 spiro atoms. The normalized spacial score (nSPS) is 17.5. The number of imide groups is 1. The number of fused-ring (bicyclic) bond motifs is 1. The molecule has 2 aliphatic rings. The molecule has 0 aromatic heterocycles. The quantitative estimate of drug-likeness (QED) is 0.367. The molecule has 2 aliphatic heterocycles. The molecule has 5 rings (SSSR count). The number of hydrogen-bond acceptors (Lipinski definition) is 6. The monoisotopic (exact) mass is 564 g/mol. The highest BCUT2D eigenvalue weighted by Gasteiger charge is 2.37. The summed E-state index contributed by atoms with van der Waals surface area (Å²) in [6, 6.07) is 19.0. The smallest absolute Gasteiger partial charge is 0.265 e. The van der Waals surface area contributed by atoms with Crippen LogP contribution >= 0.6 is 15.9 Å². The van der Waals surface area contributed by atoms with E-state index in [0.717, 1.165) is 17.3 Å². The van der Waals surface area contributed by atoms with Crippen molar-refractivity contribution in [2.75, 3.05) is 18.5 Å². The Morgan fingerprint density at radius 1 is 1.05 bits per heavy atom. The molecule has 0 aliphatic carbocycles. The van der Waals surface area contributed by atoms with E-state index in [2.05, 4.69) is 21.2 Å². The summed E-state index contributed by atoms with van der Waals surface area (Å²) in [5.41, 5.74) is 1.27. The minimum absolute atomic E-state index is 0.105. The van der Waals surface area contributed by atoms with Crippen molar-refractivity contribution >= 4 is 39.3 Å². The number of para-hydroxylation sites is 1. The third-order valence-corrected chi connectivity index (χ3v) is 6.87. The maximum Gasteiger partial charge on any atom is 0.265 e. The number of hydrogen-bond donors (Lipinski definition) is 1. The number of benzene rings is 3. The summed E-state index contributed by atoms with van der Waals surface area (Å²) in [5.74, 6) is 0.601. The fraction of sp³-hybridized carbons (Fsp3) is 0.250. The van der Waals surface area contributed by atoms with Crippen LogP contribution in [0.1, 0.15) is 40.5 Å². The number of carbonyl (C=O) groups is 3. The van der Waals surface area contributed by atoms with Crippen molar-refractivity contribution < 1.29 is 28.6 Å². The fourth-order valence-corrected chi connectivity index (χ4v) is 4.64. The molecule has 1 fully saturated rings. The first-order chi connectivity index (χ1) is 17.9. The maximum atomic E-state index is 12.9. The van der Waals surface area contributed by atoms with Gasteiger partial charge in [-0.3, -0.25) is 19.3 Å². The molecule has 2 heterocycles. The van der Waals surface area contributed by atoms with Crippen molar-refractivity contribution in [3.63, 3.8) is 0 Å². The van der Waals surface area contributed by atoms with E-state index in [1.165, 1.54) is 4.90 Å². The summed E-state index contributed by atoms with van der Waals surface area (Å²) in [4.78, 5) is 39.4. The molecule has 1 N–H and O–H groups in total. The molecule has 0 radical (unpaired) electrons. The van der Waals surface area contributed by atoms with E-state index in [1.807, 2.05) is 18.2 Å². The van der Waals surface area contributed by atoms with E-state index in [4.69, 9.17) is 14.2 Å². The van der Waals surface area contributed by atoms with E-state index in [1.54, 1.807) is 55.5 Å². The summed E-state index contributed by atoms with van der Waals surface area (Å²) in [5, 5.41) is 2.82. The van der Waals surface area contributed by atoms with Crippen LogP contribution < -0.4 is 14.8 Å². The lowest BCUT2D eigenvalue weighted by atomic mass is 10.1. The Kier molecular flexibility index (Phi) is 7.25. The molecule has 37 heavy (non-hydrogen) atoms. The van der Waals surface area contributed by atoms with Gasteiger partial charge in [0.15, 0.2) is 6.10 Å². The zero-order chi connectivity index (χ0) is 25.9. The Labute approximate surface area is 222 Å². The van der Waals surface area contributed by atoms with Gasteiger partial charge in [-0.2, -0.15) is 0 Å². The molecular formula is C28H25BrN2O6.